The third-order valence-electron chi connectivity index (χ3n) is 2.74. The number of allylic oxidation sites excluding steroid dienone is 4. The maximum absolute atomic E-state index is 4.73. The summed E-state index contributed by atoms with van der Waals surface area (Å²) in [5, 5.41) is 0. The summed E-state index contributed by atoms with van der Waals surface area (Å²) < 4.78 is 0. The van der Waals surface area contributed by atoms with Gasteiger partial charge in [-0.15, -0.1) is 18.6 Å². The van der Waals surface area contributed by atoms with Crippen LogP contribution in [0.4, 0.5) is 0 Å². The molecule has 0 amide bonds. The van der Waals surface area contributed by atoms with Crippen LogP contribution in [0.5, 0.6) is 0 Å². The first kappa shape index (κ1) is 17.4. The molecule has 0 aromatic heterocycles. The fraction of sp³-hybridized carbons (Fsp3) is 0.643. The van der Waals surface area contributed by atoms with Crippen molar-refractivity contribution in [2.24, 2.45) is 0 Å². The molecule has 0 N–H and O–H groups in total. The van der Waals surface area contributed by atoms with Gasteiger partial charge in [-0.25, -0.2) is 18.6 Å². The Hall–Kier alpha value is 0.436. The maximum atomic E-state index is 4.73. The predicted molar refractivity (Wildman–Crippen MR) is 75.8 cm³/mol. The van der Waals surface area contributed by atoms with E-state index in [4.69, 9.17) is 20.3 Å². The molecule has 0 fully saturated rings. The predicted octanol–water partition coefficient (Wildman–Crippen LogP) is 6.20. The van der Waals surface area contributed by atoms with Gasteiger partial charge < -0.3 is 0 Å². The normalized spacial score (nSPS) is 18.7. The average molecular weight is 321 g/mol. The molecule has 0 aromatic carbocycles. The Labute approximate surface area is 121 Å². The van der Waals surface area contributed by atoms with E-state index in [2.05, 4.69) is 30.7 Å². The molecule has 17 heavy (non-hydrogen) atoms. The molecule has 0 radical (unpaired) electrons. The molecular formula is C14H23Cl2Co. The summed E-state index contributed by atoms with van der Waals surface area (Å²) >= 11 is 0.382. The zero-order chi connectivity index (χ0) is 12.6. The first-order valence-corrected chi connectivity index (χ1v) is 9.27. The fourth-order valence-electron chi connectivity index (χ4n) is 1.82. The van der Waals surface area contributed by atoms with Crippen molar-refractivity contribution in [1.82, 2.24) is 0 Å². The SMILES string of the molecule is C1=C[CH-]CCCCCCCCCC=C1.[Cl][Co+][Cl]. The van der Waals surface area contributed by atoms with Crippen molar-refractivity contribution in [2.75, 3.05) is 0 Å². The van der Waals surface area contributed by atoms with Crippen LogP contribution in [0.15, 0.2) is 24.3 Å². The van der Waals surface area contributed by atoms with Gasteiger partial charge in [0.15, 0.2) is 0 Å². The second-order valence-electron chi connectivity index (χ2n) is 4.15. The molecule has 0 atom stereocenters. The summed E-state index contributed by atoms with van der Waals surface area (Å²) in [6.45, 7) is 0. The summed E-state index contributed by atoms with van der Waals surface area (Å²) in [5.41, 5.74) is 0. The van der Waals surface area contributed by atoms with Crippen LogP contribution >= 0.6 is 20.3 Å². The van der Waals surface area contributed by atoms with Crippen molar-refractivity contribution < 1.29 is 12.9 Å². The van der Waals surface area contributed by atoms with E-state index in [9.17, 15) is 0 Å². The fourth-order valence-corrected chi connectivity index (χ4v) is 1.82. The van der Waals surface area contributed by atoms with Crippen molar-refractivity contribution in [3.63, 3.8) is 0 Å². The Balaban J connectivity index is 0.000000770. The van der Waals surface area contributed by atoms with E-state index in [1.807, 2.05) is 0 Å². The van der Waals surface area contributed by atoms with Crippen LogP contribution < -0.4 is 0 Å². The minimum atomic E-state index is 0.382. The summed E-state index contributed by atoms with van der Waals surface area (Å²) in [6.07, 6.45) is 23.5. The van der Waals surface area contributed by atoms with Crippen LogP contribution in [0.25, 0.3) is 0 Å². The Bertz CT molecular complexity index is 171. The molecule has 0 saturated heterocycles. The van der Waals surface area contributed by atoms with E-state index in [-0.39, 0.29) is 0 Å². The summed E-state index contributed by atoms with van der Waals surface area (Å²) in [6, 6.07) is 0. The standard InChI is InChI=1S/C14H23.2ClH.Co/c1-2-4-6-8-10-12-14-13-11-9-7-5-3-1;;;/h1-5H,6-14H2;2*1H;/q-1;;;+3/p-2. The van der Waals surface area contributed by atoms with Crippen LogP contribution in [0.2, 0.25) is 0 Å². The van der Waals surface area contributed by atoms with Crippen molar-refractivity contribution in [2.45, 2.75) is 57.8 Å². The van der Waals surface area contributed by atoms with Gasteiger partial charge >= 0.3 is 33.2 Å². The molecule has 0 aliphatic heterocycles. The molecule has 1 aliphatic carbocycles. The Morgan fingerprint density at radius 3 is 2.12 bits per heavy atom. The molecular weight excluding hydrogens is 298 g/mol. The molecule has 0 saturated carbocycles. The van der Waals surface area contributed by atoms with Gasteiger partial charge in [0, 0.05) is 0 Å². The van der Waals surface area contributed by atoms with E-state index in [0.29, 0.717) is 12.9 Å². The van der Waals surface area contributed by atoms with E-state index in [1.54, 1.807) is 0 Å². The van der Waals surface area contributed by atoms with Gasteiger partial charge in [-0.2, -0.15) is 0 Å². The molecule has 1 rings (SSSR count). The molecule has 0 nitrogen and oxygen atoms in total. The summed E-state index contributed by atoms with van der Waals surface area (Å²) in [4.78, 5) is 0. The summed E-state index contributed by atoms with van der Waals surface area (Å²) in [7, 11) is 9.47. The van der Waals surface area contributed by atoms with Crippen LogP contribution in [0.1, 0.15) is 57.8 Å². The molecule has 0 heterocycles. The van der Waals surface area contributed by atoms with Crippen LogP contribution in [-0.4, -0.2) is 0 Å². The minimum absolute atomic E-state index is 0.382. The molecule has 0 spiro atoms. The van der Waals surface area contributed by atoms with Gasteiger partial charge in [-0.1, -0.05) is 38.5 Å². The Kier molecular flexibility index (Phi) is 16.9. The van der Waals surface area contributed by atoms with Gasteiger partial charge in [0.25, 0.3) is 0 Å². The number of hydrogen-bond acceptors (Lipinski definition) is 0. The molecule has 0 unspecified atom stereocenters. The number of hydrogen-bond donors (Lipinski definition) is 0. The second-order valence-corrected chi connectivity index (χ2v) is 5.87. The number of rotatable bonds is 0. The molecule has 0 aromatic rings. The van der Waals surface area contributed by atoms with Crippen molar-refractivity contribution in [1.29, 1.82) is 0 Å². The zero-order valence-corrected chi connectivity index (χ0v) is 12.9. The van der Waals surface area contributed by atoms with Crippen LogP contribution in [0, 0.1) is 6.42 Å². The molecule has 102 valence electrons. The monoisotopic (exact) mass is 320 g/mol. The van der Waals surface area contributed by atoms with Crippen LogP contribution in [0.3, 0.4) is 0 Å². The van der Waals surface area contributed by atoms with E-state index in [0.717, 1.165) is 0 Å². The summed E-state index contributed by atoms with van der Waals surface area (Å²) in [5.74, 6) is 0. The Morgan fingerprint density at radius 1 is 0.824 bits per heavy atom. The van der Waals surface area contributed by atoms with Gasteiger partial charge in [-0.05, 0) is 12.8 Å². The number of halogens is 2. The van der Waals surface area contributed by atoms with Gasteiger partial charge in [0.2, 0.25) is 0 Å². The average Bonchev–Trinajstić information content (AvgIpc) is 2.33. The quantitative estimate of drug-likeness (QED) is 0.466. The molecule has 3 heteroatoms. The van der Waals surface area contributed by atoms with Crippen molar-refractivity contribution in [3.05, 3.63) is 30.7 Å². The topological polar surface area (TPSA) is 0 Å². The van der Waals surface area contributed by atoms with E-state index in [1.165, 1.54) is 57.8 Å². The Morgan fingerprint density at radius 2 is 1.41 bits per heavy atom. The third kappa shape index (κ3) is 16.4. The van der Waals surface area contributed by atoms with Gasteiger partial charge in [0.05, 0.1) is 0 Å². The van der Waals surface area contributed by atoms with E-state index >= 15 is 0 Å². The first-order valence-electron chi connectivity index (χ1n) is 6.40. The van der Waals surface area contributed by atoms with Gasteiger partial charge in [0.1, 0.15) is 0 Å². The van der Waals surface area contributed by atoms with Crippen molar-refractivity contribution in [3.8, 4) is 0 Å². The second kappa shape index (κ2) is 16.4. The molecule has 0 bridgehead atoms. The zero-order valence-electron chi connectivity index (χ0n) is 10.3. The first-order chi connectivity index (χ1) is 8.41. The third-order valence-corrected chi connectivity index (χ3v) is 2.74. The van der Waals surface area contributed by atoms with E-state index < -0.39 is 0 Å². The molecule has 1 aliphatic rings. The van der Waals surface area contributed by atoms with Gasteiger partial charge in [-0.3, -0.25) is 0 Å². The van der Waals surface area contributed by atoms with Crippen LogP contribution in [-0.2, 0) is 12.9 Å². The van der Waals surface area contributed by atoms with Crippen molar-refractivity contribution >= 4 is 20.3 Å².